The highest BCUT2D eigenvalue weighted by molar-refractivity contribution is 7.13. The van der Waals surface area contributed by atoms with Gasteiger partial charge in [0, 0.05) is 18.0 Å². The van der Waals surface area contributed by atoms with E-state index in [1.54, 1.807) is 16.2 Å². The smallest absolute Gasteiger partial charge is 0.260 e. The number of benzene rings is 2. The van der Waals surface area contributed by atoms with Crippen LogP contribution < -0.4 is 10.5 Å². The van der Waals surface area contributed by atoms with Gasteiger partial charge in [-0.05, 0) is 47.5 Å². The summed E-state index contributed by atoms with van der Waals surface area (Å²) in [7, 11) is 0. The van der Waals surface area contributed by atoms with Crippen molar-refractivity contribution in [3.63, 3.8) is 0 Å². The van der Waals surface area contributed by atoms with Crippen LogP contribution in [0.15, 0.2) is 72.1 Å². The summed E-state index contributed by atoms with van der Waals surface area (Å²) in [5.41, 5.74) is 7.26. The molecule has 1 aromatic heterocycles. The normalized spacial score (nSPS) is 18.3. The van der Waals surface area contributed by atoms with E-state index in [0.29, 0.717) is 31.7 Å². The molecule has 0 radical (unpaired) electrons. The molecule has 0 aliphatic carbocycles. The first-order valence-corrected chi connectivity index (χ1v) is 10.8. The molecule has 2 amide bonds. The molecule has 2 heterocycles. The SMILES string of the molecule is NC(=O)[C@]1(Cc2cccc(-c3cccs3)c2)CCN(C(=O)COc2ccccc2)C1. The summed E-state index contributed by atoms with van der Waals surface area (Å²) >= 11 is 1.68. The van der Waals surface area contributed by atoms with Gasteiger partial charge in [-0.15, -0.1) is 11.3 Å². The highest BCUT2D eigenvalue weighted by atomic mass is 32.1. The molecule has 154 valence electrons. The Labute approximate surface area is 180 Å². The summed E-state index contributed by atoms with van der Waals surface area (Å²) < 4.78 is 5.58. The Balaban J connectivity index is 1.44. The lowest BCUT2D eigenvalue weighted by Gasteiger charge is -2.26. The lowest BCUT2D eigenvalue weighted by Crippen LogP contribution is -2.43. The molecule has 1 fully saturated rings. The fraction of sp³-hybridized carbons (Fsp3) is 0.250. The van der Waals surface area contributed by atoms with Crippen molar-refractivity contribution in [3.8, 4) is 16.2 Å². The van der Waals surface area contributed by atoms with Crippen molar-refractivity contribution >= 4 is 23.2 Å². The van der Waals surface area contributed by atoms with Crippen LogP contribution in [0.5, 0.6) is 5.75 Å². The molecular formula is C24H24N2O3S. The second-order valence-corrected chi connectivity index (χ2v) is 8.61. The largest absolute Gasteiger partial charge is 0.484 e. The summed E-state index contributed by atoms with van der Waals surface area (Å²) in [4.78, 5) is 28.0. The standard InChI is InChI=1S/C24H24N2O3S/c25-23(28)24(15-18-6-4-7-19(14-18)21-10-5-13-30-21)11-12-26(17-24)22(27)16-29-20-8-2-1-3-9-20/h1-10,13-14H,11-12,15-17H2,(H2,25,28)/t24-/m0/s1. The summed E-state index contributed by atoms with van der Waals surface area (Å²) in [5.74, 6) is 0.161. The van der Waals surface area contributed by atoms with Crippen LogP contribution in [0.25, 0.3) is 10.4 Å². The van der Waals surface area contributed by atoms with Gasteiger partial charge in [-0.1, -0.05) is 48.5 Å². The average molecular weight is 421 g/mol. The fourth-order valence-electron chi connectivity index (χ4n) is 3.94. The molecule has 5 nitrogen and oxygen atoms in total. The summed E-state index contributed by atoms with van der Waals surface area (Å²) in [6.45, 7) is 0.778. The number of nitrogens with zero attached hydrogens (tertiary/aromatic N) is 1. The molecule has 6 heteroatoms. The maximum atomic E-state index is 12.6. The first-order valence-electron chi connectivity index (χ1n) is 9.94. The first kappa shape index (κ1) is 20.2. The maximum Gasteiger partial charge on any atom is 0.260 e. The van der Waals surface area contributed by atoms with Gasteiger partial charge in [-0.25, -0.2) is 0 Å². The van der Waals surface area contributed by atoms with Crippen molar-refractivity contribution in [3.05, 3.63) is 77.7 Å². The number of rotatable bonds is 7. The number of amides is 2. The number of likely N-dealkylation sites (tertiary alicyclic amines) is 1. The fourth-order valence-corrected chi connectivity index (χ4v) is 4.66. The van der Waals surface area contributed by atoms with Crippen LogP contribution in [0.2, 0.25) is 0 Å². The minimum absolute atomic E-state index is 0.0489. The average Bonchev–Trinajstić information content (AvgIpc) is 3.44. The minimum atomic E-state index is -0.753. The zero-order valence-electron chi connectivity index (χ0n) is 16.6. The number of ether oxygens (including phenoxy) is 1. The maximum absolute atomic E-state index is 12.6. The Hall–Kier alpha value is -3.12. The molecule has 2 N–H and O–H groups in total. The van der Waals surface area contributed by atoms with Crippen LogP contribution in [-0.4, -0.2) is 36.4 Å². The van der Waals surface area contributed by atoms with E-state index < -0.39 is 5.41 Å². The monoisotopic (exact) mass is 420 g/mol. The molecular weight excluding hydrogens is 396 g/mol. The third kappa shape index (κ3) is 4.39. The van der Waals surface area contributed by atoms with Crippen LogP contribution >= 0.6 is 11.3 Å². The molecule has 0 bridgehead atoms. The van der Waals surface area contributed by atoms with Gasteiger partial charge in [0.15, 0.2) is 6.61 Å². The van der Waals surface area contributed by atoms with Crippen molar-refractivity contribution in [1.82, 2.24) is 4.90 Å². The van der Waals surface area contributed by atoms with Gasteiger partial charge in [0.1, 0.15) is 5.75 Å². The number of primary amides is 1. The number of carbonyl (C=O) groups excluding carboxylic acids is 2. The number of nitrogens with two attached hydrogens (primary N) is 1. The molecule has 0 saturated carbocycles. The number of para-hydroxylation sites is 1. The molecule has 0 spiro atoms. The Morgan fingerprint density at radius 2 is 1.90 bits per heavy atom. The van der Waals surface area contributed by atoms with Crippen LogP contribution in [0.4, 0.5) is 0 Å². The van der Waals surface area contributed by atoms with Crippen molar-refractivity contribution in [1.29, 1.82) is 0 Å². The van der Waals surface area contributed by atoms with Gasteiger partial charge in [-0.2, -0.15) is 0 Å². The zero-order valence-corrected chi connectivity index (χ0v) is 17.4. The second kappa shape index (κ2) is 8.71. The van der Waals surface area contributed by atoms with Crippen LogP contribution in [0.1, 0.15) is 12.0 Å². The van der Waals surface area contributed by atoms with Crippen LogP contribution in [-0.2, 0) is 16.0 Å². The van der Waals surface area contributed by atoms with Crippen LogP contribution in [0, 0.1) is 5.41 Å². The van der Waals surface area contributed by atoms with Crippen molar-refractivity contribution in [2.24, 2.45) is 11.1 Å². The van der Waals surface area contributed by atoms with Crippen molar-refractivity contribution in [2.45, 2.75) is 12.8 Å². The predicted octanol–water partition coefficient (Wildman–Crippen LogP) is 3.74. The molecule has 1 atom stereocenters. The molecule has 0 unspecified atom stereocenters. The molecule has 1 saturated heterocycles. The summed E-state index contributed by atoms with van der Waals surface area (Å²) in [5, 5.41) is 2.05. The van der Waals surface area contributed by atoms with Gasteiger partial charge < -0.3 is 15.4 Å². The summed E-state index contributed by atoms with van der Waals surface area (Å²) in [6, 6.07) is 21.5. The van der Waals surface area contributed by atoms with Gasteiger partial charge in [-0.3, -0.25) is 9.59 Å². The van der Waals surface area contributed by atoms with E-state index in [4.69, 9.17) is 10.5 Å². The topological polar surface area (TPSA) is 72.6 Å². The molecule has 4 rings (SSSR count). The van der Waals surface area contributed by atoms with Gasteiger partial charge in [0.2, 0.25) is 5.91 Å². The van der Waals surface area contributed by atoms with Crippen LogP contribution in [0.3, 0.4) is 0 Å². The van der Waals surface area contributed by atoms with Crippen molar-refractivity contribution < 1.29 is 14.3 Å². The van der Waals surface area contributed by atoms with Crippen molar-refractivity contribution in [2.75, 3.05) is 19.7 Å². The molecule has 3 aromatic rings. The zero-order chi connectivity index (χ0) is 21.0. The minimum Gasteiger partial charge on any atom is -0.484 e. The second-order valence-electron chi connectivity index (χ2n) is 7.67. The number of carbonyl (C=O) groups is 2. The third-order valence-corrected chi connectivity index (χ3v) is 6.53. The molecule has 2 aromatic carbocycles. The number of hydrogen-bond donors (Lipinski definition) is 1. The quantitative estimate of drug-likeness (QED) is 0.633. The number of hydrogen-bond acceptors (Lipinski definition) is 4. The lowest BCUT2D eigenvalue weighted by atomic mass is 9.80. The van der Waals surface area contributed by atoms with E-state index in [0.717, 1.165) is 11.1 Å². The van der Waals surface area contributed by atoms with E-state index in [9.17, 15) is 9.59 Å². The lowest BCUT2D eigenvalue weighted by molar-refractivity contribution is -0.133. The Morgan fingerprint density at radius 3 is 2.63 bits per heavy atom. The summed E-state index contributed by atoms with van der Waals surface area (Å²) in [6.07, 6.45) is 1.08. The van der Waals surface area contributed by atoms with E-state index >= 15 is 0 Å². The van der Waals surface area contributed by atoms with Gasteiger partial charge >= 0.3 is 0 Å². The molecule has 30 heavy (non-hydrogen) atoms. The Bertz CT molecular complexity index is 1020. The Kier molecular flexibility index (Phi) is 5.86. The van der Waals surface area contributed by atoms with Gasteiger partial charge in [0.25, 0.3) is 5.91 Å². The highest BCUT2D eigenvalue weighted by Crippen LogP contribution is 2.35. The van der Waals surface area contributed by atoms with E-state index in [2.05, 4.69) is 18.2 Å². The van der Waals surface area contributed by atoms with E-state index in [1.165, 1.54) is 4.88 Å². The Morgan fingerprint density at radius 1 is 1.07 bits per heavy atom. The first-order chi connectivity index (χ1) is 14.6. The highest BCUT2D eigenvalue weighted by Gasteiger charge is 2.44. The van der Waals surface area contributed by atoms with E-state index in [-0.39, 0.29) is 18.4 Å². The van der Waals surface area contributed by atoms with E-state index in [1.807, 2.05) is 53.9 Å². The predicted molar refractivity (Wildman–Crippen MR) is 118 cm³/mol. The third-order valence-electron chi connectivity index (χ3n) is 5.61. The number of thiophene rings is 1. The molecule has 1 aliphatic rings. The molecule has 1 aliphatic heterocycles. The van der Waals surface area contributed by atoms with Gasteiger partial charge in [0.05, 0.1) is 5.41 Å².